The number of likely N-dealkylation sites (N-methyl/N-ethyl adjacent to an activating group) is 1. The molecule has 0 aliphatic carbocycles. The van der Waals surface area contributed by atoms with Crippen LogP contribution in [0.15, 0.2) is 41.3 Å². The predicted octanol–water partition coefficient (Wildman–Crippen LogP) is 4.36. The molecule has 9 heteroatoms. The second-order valence-electron chi connectivity index (χ2n) is 6.68. The molecule has 0 bridgehead atoms. The quantitative estimate of drug-likeness (QED) is 0.413. The number of carbonyl (C=O) groups excluding carboxylic acids is 1. The fraction of sp³-hybridized carbons (Fsp3) is 0.350. The number of nitro benzene ring substituents is 1. The van der Waals surface area contributed by atoms with Crippen molar-refractivity contribution in [3.8, 4) is 0 Å². The Hall–Kier alpha value is -2.29. The Kier molecular flexibility index (Phi) is 7.00. The van der Waals surface area contributed by atoms with Gasteiger partial charge in [0.15, 0.2) is 0 Å². The summed E-state index contributed by atoms with van der Waals surface area (Å²) in [7, 11) is 0. The molecular weight excluding hydrogens is 412 g/mol. The van der Waals surface area contributed by atoms with Gasteiger partial charge >= 0.3 is 0 Å². The highest BCUT2D eigenvalue weighted by Gasteiger charge is 2.23. The molecule has 0 aromatic heterocycles. The number of nitro groups is 1. The van der Waals surface area contributed by atoms with Crippen molar-refractivity contribution < 1.29 is 9.72 Å². The minimum absolute atomic E-state index is 0.0311. The van der Waals surface area contributed by atoms with Crippen LogP contribution in [0.2, 0.25) is 5.02 Å². The lowest BCUT2D eigenvalue weighted by Gasteiger charge is -2.36. The minimum Gasteiger partial charge on any atom is -0.367 e. The van der Waals surface area contributed by atoms with Crippen LogP contribution in [0.25, 0.3) is 0 Å². The Morgan fingerprint density at radius 3 is 2.55 bits per heavy atom. The lowest BCUT2D eigenvalue weighted by atomic mass is 10.1. The summed E-state index contributed by atoms with van der Waals surface area (Å²) in [5.74, 6) is -0.525. The molecule has 1 fully saturated rings. The molecule has 0 saturated carbocycles. The number of thioether (sulfide) groups is 1. The van der Waals surface area contributed by atoms with E-state index in [-0.39, 0.29) is 11.3 Å². The zero-order valence-corrected chi connectivity index (χ0v) is 17.9. The van der Waals surface area contributed by atoms with Crippen molar-refractivity contribution in [3.63, 3.8) is 0 Å². The monoisotopic (exact) mass is 434 g/mol. The van der Waals surface area contributed by atoms with Gasteiger partial charge in [0.2, 0.25) is 0 Å². The van der Waals surface area contributed by atoms with E-state index >= 15 is 0 Å². The molecule has 2 aromatic carbocycles. The molecule has 29 heavy (non-hydrogen) atoms. The van der Waals surface area contributed by atoms with Crippen molar-refractivity contribution in [3.05, 3.63) is 57.1 Å². The topological polar surface area (TPSA) is 78.7 Å². The maximum atomic E-state index is 13.0. The lowest BCUT2D eigenvalue weighted by molar-refractivity contribution is -0.385. The Balaban J connectivity index is 1.90. The second kappa shape index (κ2) is 9.47. The fourth-order valence-electron chi connectivity index (χ4n) is 3.36. The van der Waals surface area contributed by atoms with E-state index in [1.54, 1.807) is 24.3 Å². The van der Waals surface area contributed by atoms with Gasteiger partial charge in [-0.3, -0.25) is 14.9 Å². The van der Waals surface area contributed by atoms with Gasteiger partial charge in [-0.2, -0.15) is 0 Å². The zero-order chi connectivity index (χ0) is 21.0. The van der Waals surface area contributed by atoms with Gasteiger partial charge in [0.25, 0.3) is 11.6 Å². The van der Waals surface area contributed by atoms with Crippen molar-refractivity contribution in [1.29, 1.82) is 0 Å². The summed E-state index contributed by atoms with van der Waals surface area (Å²) >= 11 is 7.59. The molecule has 0 radical (unpaired) electrons. The first-order valence-corrected chi connectivity index (χ1v) is 10.9. The number of benzene rings is 2. The van der Waals surface area contributed by atoms with Crippen LogP contribution in [-0.2, 0) is 0 Å². The Morgan fingerprint density at radius 1 is 1.21 bits per heavy atom. The van der Waals surface area contributed by atoms with Crippen LogP contribution in [0.1, 0.15) is 17.3 Å². The van der Waals surface area contributed by atoms with Gasteiger partial charge in [-0.05, 0) is 43.1 Å². The highest BCUT2D eigenvalue weighted by Crippen LogP contribution is 2.32. The normalized spacial score (nSPS) is 14.7. The van der Waals surface area contributed by atoms with E-state index in [9.17, 15) is 14.9 Å². The SMILES string of the molecule is CCN1CCN(c2ccc(Cl)cc2NC(=O)c2cc(SC)ccc2[N+](=O)[O-])CC1. The molecular formula is C20H23ClN4O3S. The molecule has 0 spiro atoms. The summed E-state index contributed by atoms with van der Waals surface area (Å²) in [6.07, 6.45) is 1.86. The van der Waals surface area contributed by atoms with Crippen LogP contribution in [0, 0.1) is 10.1 Å². The van der Waals surface area contributed by atoms with Crippen molar-refractivity contribution in [2.45, 2.75) is 11.8 Å². The molecule has 0 atom stereocenters. The molecule has 0 unspecified atom stereocenters. The molecule has 1 heterocycles. The average molecular weight is 435 g/mol. The smallest absolute Gasteiger partial charge is 0.282 e. The second-order valence-corrected chi connectivity index (χ2v) is 7.99. The van der Waals surface area contributed by atoms with Crippen LogP contribution in [0.3, 0.4) is 0 Å². The Bertz CT molecular complexity index is 917. The van der Waals surface area contributed by atoms with Crippen LogP contribution in [0.5, 0.6) is 0 Å². The largest absolute Gasteiger partial charge is 0.367 e. The number of carbonyl (C=O) groups is 1. The third-order valence-electron chi connectivity index (χ3n) is 5.01. The van der Waals surface area contributed by atoms with Crippen molar-refractivity contribution in [1.82, 2.24) is 4.90 Å². The predicted molar refractivity (Wildman–Crippen MR) is 119 cm³/mol. The molecule has 3 rings (SSSR count). The third-order valence-corrected chi connectivity index (χ3v) is 5.97. The first-order chi connectivity index (χ1) is 13.9. The number of nitrogens with zero attached hydrogens (tertiary/aromatic N) is 3. The number of anilines is 2. The summed E-state index contributed by atoms with van der Waals surface area (Å²) in [6, 6.07) is 9.90. The summed E-state index contributed by atoms with van der Waals surface area (Å²) in [6.45, 7) is 6.69. The van der Waals surface area contributed by atoms with E-state index in [0.717, 1.165) is 43.3 Å². The summed E-state index contributed by atoms with van der Waals surface area (Å²) in [4.78, 5) is 29.2. The number of piperazine rings is 1. The summed E-state index contributed by atoms with van der Waals surface area (Å²) in [5.41, 5.74) is 1.22. The van der Waals surface area contributed by atoms with E-state index in [1.807, 2.05) is 12.3 Å². The van der Waals surface area contributed by atoms with Gasteiger partial charge in [0.05, 0.1) is 16.3 Å². The first kappa shape index (κ1) is 21.4. The van der Waals surface area contributed by atoms with Gasteiger partial charge in [-0.15, -0.1) is 11.8 Å². The maximum absolute atomic E-state index is 13.0. The molecule has 1 aliphatic heterocycles. The Labute approximate surface area is 179 Å². The molecule has 154 valence electrons. The molecule has 1 saturated heterocycles. The van der Waals surface area contributed by atoms with Crippen LogP contribution in [0.4, 0.5) is 17.1 Å². The van der Waals surface area contributed by atoms with Gasteiger partial charge < -0.3 is 15.1 Å². The van der Waals surface area contributed by atoms with Gasteiger partial charge in [-0.1, -0.05) is 18.5 Å². The van der Waals surface area contributed by atoms with Crippen molar-refractivity contribution >= 4 is 46.3 Å². The van der Waals surface area contributed by atoms with E-state index in [1.165, 1.54) is 17.8 Å². The standard InChI is InChI=1S/C20H23ClN4O3S/c1-3-23-8-10-24(11-9-23)19-6-4-14(21)12-17(19)22-20(26)16-13-15(29-2)5-7-18(16)25(27)28/h4-7,12-13H,3,8-11H2,1-2H3,(H,22,26). The third kappa shape index (κ3) is 5.01. The highest BCUT2D eigenvalue weighted by molar-refractivity contribution is 7.98. The summed E-state index contributed by atoms with van der Waals surface area (Å²) < 4.78 is 0. The number of halogens is 1. The molecule has 7 nitrogen and oxygen atoms in total. The lowest BCUT2D eigenvalue weighted by Crippen LogP contribution is -2.46. The molecule has 1 aliphatic rings. The molecule has 2 aromatic rings. The fourth-order valence-corrected chi connectivity index (χ4v) is 3.97. The number of hydrogen-bond donors (Lipinski definition) is 1. The maximum Gasteiger partial charge on any atom is 0.282 e. The van der Waals surface area contributed by atoms with Crippen molar-refractivity contribution in [2.75, 3.05) is 49.2 Å². The zero-order valence-electron chi connectivity index (χ0n) is 16.4. The number of hydrogen-bond acceptors (Lipinski definition) is 6. The highest BCUT2D eigenvalue weighted by atomic mass is 35.5. The molecule has 1 amide bonds. The minimum atomic E-state index is -0.540. The Morgan fingerprint density at radius 2 is 1.93 bits per heavy atom. The number of amides is 1. The van der Waals surface area contributed by atoms with E-state index < -0.39 is 10.8 Å². The van der Waals surface area contributed by atoms with Gasteiger partial charge in [0, 0.05) is 42.2 Å². The van der Waals surface area contributed by atoms with Crippen molar-refractivity contribution in [2.24, 2.45) is 0 Å². The average Bonchev–Trinajstić information content (AvgIpc) is 2.73. The van der Waals surface area contributed by atoms with Crippen LogP contribution in [-0.4, -0.2) is 54.7 Å². The van der Waals surface area contributed by atoms with E-state index in [0.29, 0.717) is 10.7 Å². The first-order valence-electron chi connectivity index (χ1n) is 9.33. The van der Waals surface area contributed by atoms with E-state index in [2.05, 4.69) is 22.0 Å². The molecule has 1 N–H and O–H groups in total. The van der Waals surface area contributed by atoms with E-state index in [4.69, 9.17) is 11.6 Å². The van der Waals surface area contributed by atoms with Crippen LogP contribution >= 0.6 is 23.4 Å². The van der Waals surface area contributed by atoms with Crippen LogP contribution < -0.4 is 10.2 Å². The summed E-state index contributed by atoms with van der Waals surface area (Å²) in [5, 5.41) is 14.7. The number of nitrogens with one attached hydrogen (secondary N) is 1. The van der Waals surface area contributed by atoms with Gasteiger partial charge in [0.1, 0.15) is 5.56 Å². The van der Waals surface area contributed by atoms with Gasteiger partial charge in [-0.25, -0.2) is 0 Å². The number of rotatable bonds is 6.